The van der Waals surface area contributed by atoms with E-state index in [4.69, 9.17) is 9.97 Å². The van der Waals surface area contributed by atoms with Gasteiger partial charge < -0.3 is 0 Å². The first-order valence-corrected chi connectivity index (χ1v) is 18.8. The van der Waals surface area contributed by atoms with Crippen LogP contribution in [0, 0.1) is 11.3 Å². The highest BCUT2D eigenvalue weighted by Crippen LogP contribution is 2.42. The van der Waals surface area contributed by atoms with Crippen LogP contribution in [-0.4, -0.2) is 9.97 Å². The molecule has 0 aliphatic rings. The molecule has 5 heteroatoms. The maximum Gasteiger partial charge on any atom is 0.161 e. The lowest BCUT2D eigenvalue weighted by Gasteiger charge is -2.11. The van der Waals surface area contributed by atoms with Crippen LogP contribution in [0.5, 0.6) is 0 Å². The van der Waals surface area contributed by atoms with Gasteiger partial charge in [-0.1, -0.05) is 121 Å². The van der Waals surface area contributed by atoms with Crippen LogP contribution in [0.4, 0.5) is 0 Å². The second kappa shape index (κ2) is 12.4. The normalized spacial score (nSPS) is 11.4. The van der Waals surface area contributed by atoms with Crippen molar-refractivity contribution in [1.82, 2.24) is 9.97 Å². The van der Waals surface area contributed by atoms with Crippen molar-refractivity contribution in [3.05, 3.63) is 169 Å². The van der Waals surface area contributed by atoms with Gasteiger partial charge in [-0.2, -0.15) is 5.26 Å². The molecule has 52 heavy (non-hydrogen) atoms. The monoisotopic (exact) mass is 697 g/mol. The fourth-order valence-corrected chi connectivity index (χ4v) is 9.53. The van der Waals surface area contributed by atoms with Crippen molar-refractivity contribution in [2.75, 3.05) is 0 Å². The number of benzene rings is 7. The number of hydrogen-bond acceptors (Lipinski definition) is 5. The third-order valence-electron chi connectivity index (χ3n) is 9.74. The number of aromatic nitrogens is 2. The number of thiophene rings is 2. The Hall–Kier alpha value is -6.45. The van der Waals surface area contributed by atoms with E-state index < -0.39 is 0 Å². The lowest BCUT2D eigenvalue weighted by Crippen LogP contribution is -1.94. The maximum atomic E-state index is 9.51. The van der Waals surface area contributed by atoms with Gasteiger partial charge in [-0.05, 0) is 75.8 Å². The third kappa shape index (κ3) is 5.17. The smallest absolute Gasteiger partial charge is 0.161 e. The minimum Gasteiger partial charge on any atom is -0.227 e. The van der Waals surface area contributed by atoms with E-state index >= 15 is 0 Å². The summed E-state index contributed by atoms with van der Waals surface area (Å²) >= 11 is 3.50. The molecule has 0 saturated carbocycles. The predicted molar refractivity (Wildman–Crippen MR) is 220 cm³/mol. The molecule has 3 heterocycles. The van der Waals surface area contributed by atoms with Crippen LogP contribution < -0.4 is 0 Å². The molecule has 0 bridgehead atoms. The quantitative estimate of drug-likeness (QED) is 0.180. The Morgan fingerprint density at radius 1 is 0.442 bits per heavy atom. The van der Waals surface area contributed by atoms with Crippen molar-refractivity contribution < 1.29 is 0 Å². The van der Waals surface area contributed by atoms with Gasteiger partial charge in [0, 0.05) is 46.8 Å². The Morgan fingerprint density at radius 2 is 1.06 bits per heavy atom. The van der Waals surface area contributed by atoms with Crippen molar-refractivity contribution in [3.8, 4) is 62.1 Å². The summed E-state index contributed by atoms with van der Waals surface area (Å²) in [5.41, 5.74) is 10.6. The van der Waals surface area contributed by atoms with Crippen molar-refractivity contribution in [2.24, 2.45) is 0 Å². The molecule has 10 aromatic rings. The highest BCUT2D eigenvalue weighted by molar-refractivity contribution is 7.26. The first-order chi connectivity index (χ1) is 25.7. The topological polar surface area (TPSA) is 49.6 Å². The summed E-state index contributed by atoms with van der Waals surface area (Å²) in [6, 6.07) is 59.8. The van der Waals surface area contributed by atoms with Crippen LogP contribution in [0.15, 0.2) is 164 Å². The van der Waals surface area contributed by atoms with Gasteiger partial charge in [0.25, 0.3) is 0 Å². The molecule has 3 aromatic heterocycles. The summed E-state index contributed by atoms with van der Waals surface area (Å²) in [6.07, 6.45) is 0. The molecule has 0 fully saturated rings. The largest absolute Gasteiger partial charge is 0.227 e. The number of rotatable bonds is 5. The van der Waals surface area contributed by atoms with E-state index in [1.165, 1.54) is 36.0 Å². The second-order valence-corrected chi connectivity index (χ2v) is 15.0. The van der Waals surface area contributed by atoms with Gasteiger partial charge in [-0.15, -0.1) is 22.7 Å². The molecule has 0 N–H and O–H groups in total. The summed E-state index contributed by atoms with van der Waals surface area (Å²) in [5, 5.41) is 14.1. The van der Waals surface area contributed by atoms with Crippen molar-refractivity contribution in [3.63, 3.8) is 0 Å². The van der Waals surface area contributed by atoms with Gasteiger partial charge in [-0.25, -0.2) is 9.97 Å². The molecule has 0 radical (unpaired) electrons. The summed E-state index contributed by atoms with van der Waals surface area (Å²) in [6.45, 7) is 0. The minimum absolute atomic E-state index is 0.683. The van der Waals surface area contributed by atoms with Gasteiger partial charge >= 0.3 is 0 Å². The Morgan fingerprint density at radius 3 is 1.88 bits per heavy atom. The van der Waals surface area contributed by atoms with Crippen LogP contribution in [0.1, 0.15) is 5.56 Å². The molecule has 0 aliphatic heterocycles. The Kier molecular flexibility index (Phi) is 7.24. The number of nitriles is 1. The van der Waals surface area contributed by atoms with Crippen LogP contribution in [0.25, 0.3) is 96.5 Å². The SMILES string of the molecule is N#Cc1ccc2sc3c(-c4cccc(-c5cccc(-c6nc(-c7cccc(-c8ccccc8)c7)c7c(n6)sc6ccccc67)c5)c4)cccc3c2c1. The zero-order chi connectivity index (χ0) is 34.6. The van der Waals surface area contributed by atoms with Crippen molar-refractivity contribution in [2.45, 2.75) is 0 Å². The van der Waals surface area contributed by atoms with Gasteiger partial charge in [0.2, 0.25) is 0 Å². The third-order valence-corrected chi connectivity index (χ3v) is 12.0. The van der Waals surface area contributed by atoms with Crippen molar-refractivity contribution in [1.29, 1.82) is 5.26 Å². The number of nitrogens with zero attached hydrogens (tertiary/aromatic N) is 3. The first kappa shape index (κ1) is 30.4. The van der Waals surface area contributed by atoms with E-state index in [0.717, 1.165) is 54.7 Å². The van der Waals surface area contributed by atoms with Crippen LogP contribution in [0.3, 0.4) is 0 Å². The Bertz CT molecular complexity index is 3040. The van der Waals surface area contributed by atoms with Gasteiger partial charge in [0.05, 0.1) is 17.3 Å². The molecule has 7 aromatic carbocycles. The van der Waals surface area contributed by atoms with Crippen molar-refractivity contribution >= 4 is 63.1 Å². The fraction of sp³-hybridized carbons (Fsp3) is 0. The van der Waals surface area contributed by atoms with E-state index in [2.05, 4.69) is 152 Å². The van der Waals surface area contributed by atoms with Crippen LogP contribution in [0.2, 0.25) is 0 Å². The molecule has 0 saturated heterocycles. The highest BCUT2D eigenvalue weighted by atomic mass is 32.1. The fourth-order valence-electron chi connectivity index (χ4n) is 7.24. The summed E-state index contributed by atoms with van der Waals surface area (Å²) < 4.78 is 3.62. The van der Waals surface area contributed by atoms with E-state index in [1.54, 1.807) is 22.7 Å². The highest BCUT2D eigenvalue weighted by Gasteiger charge is 2.18. The van der Waals surface area contributed by atoms with Gasteiger partial charge in [0.1, 0.15) is 4.83 Å². The minimum atomic E-state index is 0.683. The molecule has 10 rings (SSSR count). The Balaban J connectivity index is 1.09. The molecular weight excluding hydrogens is 671 g/mol. The predicted octanol–water partition coefficient (Wildman–Crippen LogP) is 13.4. The average Bonchev–Trinajstić information content (AvgIpc) is 3.79. The molecule has 3 nitrogen and oxygen atoms in total. The van der Waals surface area contributed by atoms with E-state index in [1.807, 2.05) is 18.2 Å². The standard InChI is InChI=1S/C47H27N3S2/c48-28-29-22-23-42-40(24-29)38-20-9-19-37(45(38)51-42)34-15-6-13-32(25-34)33-14-8-17-36(27-33)46-49-44(43-39-18-4-5-21-41(39)52-47(43)50-46)35-16-7-12-31(26-35)30-10-2-1-3-11-30/h1-27H. The summed E-state index contributed by atoms with van der Waals surface area (Å²) in [4.78, 5) is 11.5. The van der Waals surface area contributed by atoms with Crippen LogP contribution in [-0.2, 0) is 0 Å². The van der Waals surface area contributed by atoms with Gasteiger partial charge in [0.15, 0.2) is 5.82 Å². The van der Waals surface area contributed by atoms with E-state index in [-0.39, 0.29) is 0 Å². The summed E-state index contributed by atoms with van der Waals surface area (Å²) in [7, 11) is 0. The van der Waals surface area contributed by atoms with Gasteiger partial charge in [-0.3, -0.25) is 0 Å². The molecule has 0 spiro atoms. The molecule has 242 valence electrons. The van der Waals surface area contributed by atoms with E-state index in [9.17, 15) is 5.26 Å². The zero-order valence-corrected chi connectivity index (χ0v) is 29.4. The Labute approximate surface area is 308 Å². The molecule has 0 amide bonds. The molecule has 0 aliphatic carbocycles. The molecular formula is C47H27N3S2. The number of fused-ring (bicyclic) bond motifs is 6. The lowest BCUT2D eigenvalue weighted by molar-refractivity contribution is 1.24. The summed E-state index contributed by atoms with van der Waals surface area (Å²) in [5.74, 6) is 0.712. The second-order valence-electron chi connectivity index (χ2n) is 12.9. The average molecular weight is 698 g/mol. The maximum absolute atomic E-state index is 9.51. The lowest BCUT2D eigenvalue weighted by atomic mass is 9.96. The van der Waals surface area contributed by atoms with Crippen LogP contribution >= 0.6 is 22.7 Å². The molecule has 0 unspecified atom stereocenters. The first-order valence-electron chi connectivity index (χ1n) is 17.1. The molecule has 0 atom stereocenters. The zero-order valence-electron chi connectivity index (χ0n) is 27.7. The van der Waals surface area contributed by atoms with E-state index in [0.29, 0.717) is 11.4 Å². The number of hydrogen-bond donors (Lipinski definition) is 0.